The summed E-state index contributed by atoms with van der Waals surface area (Å²) in [5, 5.41) is 0.526. The zero-order valence-corrected chi connectivity index (χ0v) is 14.3. The van der Waals surface area contributed by atoms with Crippen molar-refractivity contribution in [2.24, 2.45) is 0 Å². The van der Waals surface area contributed by atoms with Crippen LogP contribution >= 0.6 is 66.4 Å². The molecular weight excluding hydrogens is 407 g/mol. The molecule has 1 aromatic carbocycles. The van der Waals surface area contributed by atoms with Crippen LogP contribution in [-0.2, 0) is 0 Å². The molecule has 17 heavy (non-hydrogen) atoms. The summed E-state index contributed by atoms with van der Waals surface area (Å²) in [6.07, 6.45) is 0. The summed E-state index contributed by atoms with van der Waals surface area (Å²) in [4.78, 5) is 1.04. The number of benzene rings is 1. The third-order valence-electron chi connectivity index (χ3n) is 2.34. The first-order valence-electron chi connectivity index (χ1n) is 4.84. The standard InChI is InChI=1S/C12H8Br2Cl2S/c1-6-2-3-7(8(13)4-6)11(16)10-5-9(15)12(14)17-10/h2-5,11H,1H3. The number of hydrogen-bond donors (Lipinski definition) is 0. The molecule has 1 unspecified atom stereocenters. The molecule has 0 bridgehead atoms. The van der Waals surface area contributed by atoms with Crippen molar-refractivity contribution in [3.63, 3.8) is 0 Å². The second kappa shape index (κ2) is 5.62. The van der Waals surface area contributed by atoms with Gasteiger partial charge in [-0.2, -0.15) is 0 Å². The summed E-state index contributed by atoms with van der Waals surface area (Å²) in [6.45, 7) is 2.05. The highest BCUT2D eigenvalue weighted by atomic mass is 79.9. The number of halogens is 4. The van der Waals surface area contributed by atoms with E-state index >= 15 is 0 Å². The van der Waals surface area contributed by atoms with Crippen LogP contribution < -0.4 is 0 Å². The minimum Gasteiger partial charge on any atom is -0.130 e. The minimum absolute atomic E-state index is 0.182. The summed E-state index contributed by atoms with van der Waals surface area (Å²) in [7, 11) is 0. The van der Waals surface area contributed by atoms with Gasteiger partial charge in [0, 0.05) is 9.35 Å². The lowest BCUT2D eigenvalue weighted by Gasteiger charge is -2.10. The highest BCUT2D eigenvalue weighted by Crippen LogP contribution is 2.42. The molecule has 0 amide bonds. The van der Waals surface area contributed by atoms with E-state index in [0.717, 1.165) is 18.7 Å². The maximum atomic E-state index is 6.48. The highest BCUT2D eigenvalue weighted by Gasteiger charge is 2.17. The van der Waals surface area contributed by atoms with Gasteiger partial charge in [0.1, 0.15) is 0 Å². The average Bonchev–Trinajstić information content (AvgIpc) is 2.58. The molecule has 0 fully saturated rings. The molecule has 0 saturated heterocycles. The number of thiophene rings is 1. The normalized spacial score (nSPS) is 12.8. The molecule has 0 nitrogen and oxygen atoms in total. The minimum atomic E-state index is -0.182. The van der Waals surface area contributed by atoms with E-state index in [1.807, 2.05) is 12.1 Å². The zero-order chi connectivity index (χ0) is 12.6. The van der Waals surface area contributed by atoms with Gasteiger partial charge in [0.25, 0.3) is 0 Å². The van der Waals surface area contributed by atoms with E-state index in [1.165, 1.54) is 5.56 Å². The largest absolute Gasteiger partial charge is 0.130 e. The van der Waals surface area contributed by atoms with Crippen LogP contribution in [0.4, 0.5) is 0 Å². The Kier molecular flexibility index (Phi) is 4.59. The summed E-state index contributed by atoms with van der Waals surface area (Å²) < 4.78 is 1.95. The Bertz CT molecular complexity index is 532. The molecule has 90 valence electrons. The van der Waals surface area contributed by atoms with Gasteiger partial charge in [-0.1, -0.05) is 39.7 Å². The van der Waals surface area contributed by atoms with Gasteiger partial charge < -0.3 is 0 Å². The Labute approximate surface area is 131 Å². The fraction of sp³-hybridized carbons (Fsp3) is 0.167. The molecule has 5 heteroatoms. The fourth-order valence-electron chi connectivity index (χ4n) is 1.48. The van der Waals surface area contributed by atoms with Crippen LogP contribution in [0.3, 0.4) is 0 Å². The van der Waals surface area contributed by atoms with Gasteiger partial charge in [0.05, 0.1) is 14.2 Å². The van der Waals surface area contributed by atoms with Crippen molar-refractivity contribution in [1.82, 2.24) is 0 Å². The van der Waals surface area contributed by atoms with Crippen LogP contribution in [0.25, 0.3) is 0 Å². The monoisotopic (exact) mass is 412 g/mol. The Balaban J connectivity index is 2.39. The van der Waals surface area contributed by atoms with Crippen LogP contribution in [0, 0.1) is 6.92 Å². The van der Waals surface area contributed by atoms with E-state index in [1.54, 1.807) is 11.3 Å². The molecule has 1 heterocycles. The van der Waals surface area contributed by atoms with Gasteiger partial charge in [0.2, 0.25) is 0 Å². The third kappa shape index (κ3) is 3.07. The van der Waals surface area contributed by atoms with Crippen molar-refractivity contribution in [3.8, 4) is 0 Å². The van der Waals surface area contributed by atoms with Crippen LogP contribution in [-0.4, -0.2) is 0 Å². The quantitative estimate of drug-likeness (QED) is 0.488. The molecule has 0 radical (unpaired) electrons. The lowest BCUT2D eigenvalue weighted by molar-refractivity contribution is 1.16. The van der Waals surface area contributed by atoms with Gasteiger partial charge >= 0.3 is 0 Å². The number of rotatable bonds is 2. The molecule has 0 aliphatic carbocycles. The van der Waals surface area contributed by atoms with Gasteiger partial charge in [-0.05, 0) is 46.1 Å². The molecule has 1 aromatic heterocycles. The van der Waals surface area contributed by atoms with Gasteiger partial charge in [-0.3, -0.25) is 0 Å². The summed E-state index contributed by atoms with van der Waals surface area (Å²) >= 11 is 21.0. The SMILES string of the molecule is Cc1ccc(C(Cl)c2cc(Cl)c(Br)s2)c(Br)c1. The molecule has 2 rings (SSSR count). The van der Waals surface area contributed by atoms with E-state index in [2.05, 4.69) is 50.9 Å². The maximum absolute atomic E-state index is 6.48. The fourth-order valence-corrected chi connectivity index (χ4v) is 4.46. The Morgan fingerprint density at radius 3 is 2.47 bits per heavy atom. The lowest BCUT2D eigenvalue weighted by Crippen LogP contribution is -1.92. The first-order chi connectivity index (χ1) is 7.99. The Morgan fingerprint density at radius 2 is 1.94 bits per heavy atom. The van der Waals surface area contributed by atoms with Crippen LogP contribution in [0.15, 0.2) is 32.5 Å². The molecule has 0 N–H and O–H groups in total. The van der Waals surface area contributed by atoms with E-state index in [9.17, 15) is 0 Å². The molecule has 0 aliphatic heterocycles. The summed E-state index contributed by atoms with van der Waals surface area (Å²) in [5.74, 6) is 0. The summed E-state index contributed by atoms with van der Waals surface area (Å²) in [5.41, 5.74) is 2.26. The third-order valence-corrected chi connectivity index (χ3v) is 6.17. The molecule has 2 aromatic rings. The van der Waals surface area contributed by atoms with E-state index in [-0.39, 0.29) is 5.38 Å². The first-order valence-corrected chi connectivity index (χ1v) is 8.05. The Hall–Kier alpha value is 0.460. The van der Waals surface area contributed by atoms with Gasteiger partial charge in [-0.15, -0.1) is 22.9 Å². The van der Waals surface area contributed by atoms with Gasteiger partial charge in [0.15, 0.2) is 0 Å². The van der Waals surface area contributed by atoms with Crippen molar-refractivity contribution in [2.45, 2.75) is 12.3 Å². The van der Waals surface area contributed by atoms with Crippen molar-refractivity contribution < 1.29 is 0 Å². The average molecular weight is 415 g/mol. The number of alkyl halides is 1. The molecule has 0 spiro atoms. The second-order valence-electron chi connectivity index (χ2n) is 3.66. The van der Waals surface area contributed by atoms with Crippen LogP contribution in [0.1, 0.15) is 21.4 Å². The topological polar surface area (TPSA) is 0 Å². The zero-order valence-electron chi connectivity index (χ0n) is 8.81. The van der Waals surface area contributed by atoms with Crippen molar-refractivity contribution in [3.05, 3.63) is 53.6 Å². The van der Waals surface area contributed by atoms with Crippen molar-refractivity contribution in [1.29, 1.82) is 0 Å². The molecule has 0 aliphatic rings. The van der Waals surface area contributed by atoms with Gasteiger partial charge in [-0.25, -0.2) is 0 Å². The second-order valence-corrected chi connectivity index (χ2v) is 7.76. The molecule has 1 atom stereocenters. The lowest BCUT2D eigenvalue weighted by atomic mass is 10.1. The van der Waals surface area contributed by atoms with E-state index in [4.69, 9.17) is 23.2 Å². The van der Waals surface area contributed by atoms with Crippen LogP contribution in [0.2, 0.25) is 5.02 Å². The Morgan fingerprint density at radius 1 is 1.24 bits per heavy atom. The van der Waals surface area contributed by atoms with E-state index in [0.29, 0.717) is 5.02 Å². The summed E-state index contributed by atoms with van der Waals surface area (Å²) in [6, 6.07) is 8.06. The molecular formula is C12H8Br2Cl2S. The van der Waals surface area contributed by atoms with Crippen molar-refractivity contribution in [2.75, 3.05) is 0 Å². The number of hydrogen-bond acceptors (Lipinski definition) is 1. The molecule has 0 saturated carbocycles. The predicted molar refractivity (Wildman–Crippen MR) is 83.6 cm³/mol. The maximum Gasteiger partial charge on any atom is 0.0939 e. The highest BCUT2D eigenvalue weighted by molar-refractivity contribution is 9.11. The van der Waals surface area contributed by atoms with Crippen LogP contribution in [0.5, 0.6) is 0 Å². The van der Waals surface area contributed by atoms with E-state index < -0.39 is 0 Å². The first kappa shape index (κ1) is 13.9. The smallest absolute Gasteiger partial charge is 0.0939 e. The predicted octanol–water partition coefficient (Wildman–Crippen LogP) is 6.56. The number of aryl methyl sites for hydroxylation is 1. The van der Waals surface area contributed by atoms with Crippen molar-refractivity contribution >= 4 is 66.4 Å².